The standard InChI is InChI=1S/C13H11F3N2OS/c14-13(15,16)19-9-3-1-8(2-4-9)12-18-10-5-6-17-7-11(10)20-12/h1-4,17H,5-7H2. The maximum absolute atomic E-state index is 12.1. The largest absolute Gasteiger partial charge is 0.573 e. The van der Waals surface area contributed by atoms with E-state index < -0.39 is 6.36 Å². The summed E-state index contributed by atoms with van der Waals surface area (Å²) in [6.45, 7) is 1.72. The van der Waals surface area contributed by atoms with Gasteiger partial charge in [0.05, 0.1) is 5.69 Å². The summed E-state index contributed by atoms with van der Waals surface area (Å²) in [5.74, 6) is -0.218. The van der Waals surface area contributed by atoms with Gasteiger partial charge in [0.25, 0.3) is 0 Å². The molecule has 1 aliphatic rings. The Morgan fingerprint density at radius 2 is 1.95 bits per heavy atom. The molecule has 1 N–H and O–H groups in total. The number of rotatable bonds is 2. The highest BCUT2D eigenvalue weighted by atomic mass is 32.1. The van der Waals surface area contributed by atoms with Crippen molar-refractivity contribution in [2.45, 2.75) is 19.3 Å². The predicted molar refractivity (Wildman–Crippen MR) is 69.6 cm³/mol. The Morgan fingerprint density at radius 1 is 1.20 bits per heavy atom. The smallest absolute Gasteiger partial charge is 0.406 e. The first-order valence-electron chi connectivity index (χ1n) is 6.07. The predicted octanol–water partition coefficient (Wildman–Crippen LogP) is 3.35. The van der Waals surface area contributed by atoms with Gasteiger partial charge in [0.2, 0.25) is 0 Å². The molecular weight excluding hydrogens is 289 g/mol. The molecule has 3 rings (SSSR count). The molecule has 0 saturated heterocycles. The van der Waals surface area contributed by atoms with Crippen LogP contribution in [0.5, 0.6) is 5.75 Å². The second-order valence-corrected chi connectivity index (χ2v) is 5.47. The van der Waals surface area contributed by atoms with E-state index in [1.807, 2.05) is 0 Å². The summed E-state index contributed by atoms with van der Waals surface area (Å²) in [6.07, 6.45) is -3.77. The molecule has 1 aliphatic heterocycles. The summed E-state index contributed by atoms with van der Waals surface area (Å²) in [5.41, 5.74) is 1.89. The van der Waals surface area contributed by atoms with Crippen LogP contribution in [0.25, 0.3) is 10.6 Å². The molecular formula is C13H11F3N2OS. The summed E-state index contributed by atoms with van der Waals surface area (Å²) >= 11 is 1.57. The van der Waals surface area contributed by atoms with Crippen LogP contribution in [-0.2, 0) is 13.0 Å². The van der Waals surface area contributed by atoms with E-state index in [-0.39, 0.29) is 5.75 Å². The molecule has 7 heteroatoms. The van der Waals surface area contributed by atoms with E-state index in [2.05, 4.69) is 15.0 Å². The Kier molecular flexibility index (Phi) is 3.39. The maximum Gasteiger partial charge on any atom is 0.573 e. The van der Waals surface area contributed by atoms with Gasteiger partial charge in [0, 0.05) is 30.0 Å². The molecule has 3 nitrogen and oxygen atoms in total. The number of ether oxygens (including phenoxy) is 1. The van der Waals surface area contributed by atoms with Crippen molar-refractivity contribution >= 4 is 11.3 Å². The number of benzene rings is 1. The van der Waals surface area contributed by atoms with Crippen molar-refractivity contribution in [2.75, 3.05) is 6.54 Å². The van der Waals surface area contributed by atoms with Gasteiger partial charge in [-0.25, -0.2) is 4.98 Å². The SMILES string of the molecule is FC(F)(F)Oc1ccc(-c2nc3c(s2)CNCC3)cc1. The van der Waals surface area contributed by atoms with Gasteiger partial charge in [-0.05, 0) is 24.3 Å². The number of hydrogen-bond donors (Lipinski definition) is 1. The van der Waals surface area contributed by atoms with Crippen LogP contribution in [0, 0.1) is 0 Å². The molecule has 0 aliphatic carbocycles. The average molecular weight is 300 g/mol. The lowest BCUT2D eigenvalue weighted by Gasteiger charge is -2.09. The van der Waals surface area contributed by atoms with Crippen molar-refractivity contribution in [3.63, 3.8) is 0 Å². The van der Waals surface area contributed by atoms with E-state index in [4.69, 9.17) is 0 Å². The fourth-order valence-corrected chi connectivity index (χ4v) is 3.13. The van der Waals surface area contributed by atoms with Crippen LogP contribution in [-0.4, -0.2) is 17.9 Å². The first-order chi connectivity index (χ1) is 9.51. The Bertz CT molecular complexity index is 584. The second kappa shape index (κ2) is 5.06. The molecule has 0 bridgehead atoms. The van der Waals surface area contributed by atoms with Crippen LogP contribution in [0.4, 0.5) is 13.2 Å². The number of fused-ring (bicyclic) bond motifs is 1. The molecule has 1 aromatic carbocycles. The van der Waals surface area contributed by atoms with Crippen LogP contribution >= 0.6 is 11.3 Å². The third-order valence-corrected chi connectivity index (χ3v) is 4.08. The lowest BCUT2D eigenvalue weighted by Crippen LogP contribution is -2.22. The number of alkyl halides is 3. The molecule has 2 aromatic rings. The number of hydrogen-bond acceptors (Lipinski definition) is 4. The molecule has 1 aromatic heterocycles. The van der Waals surface area contributed by atoms with E-state index in [0.717, 1.165) is 35.8 Å². The van der Waals surface area contributed by atoms with Crippen LogP contribution in [0.2, 0.25) is 0 Å². The summed E-state index contributed by atoms with van der Waals surface area (Å²) < 4.78 is 40.1. The summed E-state index contributed by atoms with van der Waals surface area (Å²) in [7, 11) is 0. The van der Waals surface area contributed by atoms with Gasteiger partial charge in [-0.2, -0.15) is 0 Å². The molecule has 0 fully saturated rings. The van der Waals surface area contributed by atoms with Gasteiger partial charge in [0.1, 0.15) is 10.8 Å². The van der Waals surface area contributed by atoms with Gasteiger partial charge >= 0.3 is 6.36 Å². The van der Waals surface area contributed by atoms with Crippen molar-refractivity contribution in [3.05, 3.63) is 34.8 Å². The Hall–Kier alpha value is -1.60. The van der Waals surface area contributed by atoms with Gasteiger partial charge in [-0.1, -0.05) is 0 Å². The molecule has 0 spiro atoms. The number of nitrogens with one attached hydrogen (secondary N) is 1. The van der Waals surface area contributed by atoms with Gasteiger partial charge < -0.3 is 10.1 Å². The molecule has 0 unspecified atom stereocenters. The average Bonchev–Trinajstić information content (AvgIpc) is 2.81. The fraction of sp³-hybridized carbons (Fsp3) is 0.308. The summed E-state index contributed by atoms with van der Waals surface area (Å²) in [6, 6.07) is 5.81. The highest BCUT2D eigenvalue weighted by molar-refractivity contribution is 7.15. The highest BCUT2D eigenvalue weighted by Crippen LogP contribution is 2.31. The number of nitrogens with zero attached hydrogens (tertiary/aromatic N) is 1. The number of halogens is 3. The second-order valence-electron chi connectivity index (χ2n) is 4.39. The number of aromatic nitrogens is 1. The molecule has 0 radical (unpaired) electrons. The van der Waals surface area contributed by atoms with Crippen molar-refractivity contribution in [1.82, 2.24) is 10.3 Å². The minimum absolute atomic E-state index is 0.218. The third-order valence-electron chi connectivity index (χ3n) is 2.94. The molecule has 0 atom stereocenters. The van der Waals surface area contributed by atoms with Gasteiger partial charge in [0.15, 0.2) is 0 Å². The maximum atomic E-state index is 12.1. The van der Waals surface area contributed by atoms with E-state index in [9.17, 15) is 13.2 Å². The zero-order valence-electron chi connectivity index (χ0n) is 10.3. The zero-order chi connectivity index (χ0) is 14.2. The normalized spacial score (nSPS) is 14.9. The minimum atomic E-state index is -4.66. The van der Waals surface area contributed by atoms with Crippen molar-refractivity contribution < 1.29 is 17.9 Å². The Labute approximate surface area is 117 Å². The molecule has 20 heavy (non-hydrogen) atoms. The van der Waals surface area contributed by atoms with Crippen LogP contribution in [0.15, 0.2) is 24.3 Å². The van der Waals surface area contributed by atoms with Crippen LogP contribution in [0.3, 0.4) is 0 Å². The van der Waals surface area contributed by atoms with Crippen molar-refractivity contribution in [1.29, 1.82) is 0 Å². The van der Waals surface area contributed by atoms with E-state index in [1.54, 1.807) is 23.5 Å². The van der Waals surface area contributed by atoms with Gasteiger partial charge in [-0.3, -0.25) is 0 Å². The molecule has 106 valence electrons. The first kappa shape index (κ1) is 13.4. The highest BCUT2D eigenvalue weighted by Gasteiger charge is 2.31. The molecule has 0 amide bonds. The first-order valence-corrected chi connectivity index (χ1v) is 6.88. The Morgan fingerprint density at radius 3 is 2.60 bits per heavy atom. The quantitative estimate of drug-likeness (QED) is 0.923. The van der Waals surface area contributed by atoms with Crippen molar-refractivity contribution in [3.8, 4) is 16.3 Å². The van der Waals surface area contributed by atoms with Crippen molar-refractivity contribution in [2.24, 2.45) is 0 Å². The summed E-state index contributed by atoms with van der Waals surface area (Å²) in [5, 5.41) is 4.10. The van der Waals surface area contributed by atoms with Gasteiger partial charge in [-0.15, -0.1) is 24.5 Å². The van der Waals surface area contributed by atoms with E-state index in [0.29, 0.717) is 0 Å². The monoisotopic (exact) mass is 300 g/mol. The minimum Gasteiger partial charge on any atom is -0.406 e. The number of thiazole rings is 1. The van der Waals surface area contributed by atoms with Crippen LogP contribution in [0.1, 0.15) is 10.6 Å². The van der Waals surface area contributed by atoms with E-state index in [1.165, 1.54) is 17.0 Å². The summed E-state index contributed by atoms with van der Waals surface area (Å²) in [4.78, 5) is 5.74. The third kappa shape index (κ3) is 2.94. The molecule has 2 heterocycles. The van der Waals surface area contributed by atoms with E-state index >= 15 is 0 Å². The Balaban J connectivity index is 1.82. The topological polar surface area (TPSA) is 34.1 Å². The lowest BCUT2D eigenvalue weighted by atomic mass is 10.2. The zero-order valence-corrected chi connectivity index (χ0v) is 11.1. The van der Waals surface area contributed by atoms with Crippen LogP contribution < -0.4 is 10.1 Å². The fourth-order valence-electron chi connectivity index (χ4n) is 2.05. The molecule has 0 saturated carbocycles. The lowest BCUT2D eigenvalue weighted by molar-refractivity contribution is -0.274.